The van der Waals surface area contributed by atoms with Gasteiger partial charge in [-0.25, -0.2) is 4.98 Å². The number of rotatable bonds is 6. The van der Waals surface area contributed by atoms with Gasteiger partial charge in [0.1, 0.15) is 5.82 Å². The van der Waals surface area contributed by atoms with Crippen molar-refractivity contribution in [2.45, 2.75) is 26.3 Å². The number of nitro groups is 1. The van der Waals surface area contributed by atoms with Gasteiger partial charge in [-0.3, -0.25) is 19.8 Å². The standard InChI is InChI=1S/C21H22N6O4/c1-14-6-9-22-18(12-14)23-20(28)15-7-10-26(11-8-15)13-19-24-25-21(31-19)16-2-4-17(5-3-16)27(29)30/h2-6,9,12,15H,7-8,10-11,13H2,1H3,(H,22,23,28). The van der Waals surface area contributed by atoms with Crippen LogP contribution in [0.2, 0.25) is 0 Å². The summed E-state index contributed by atoms with van der Waals surface area (Å²) in [5.74, 6) is 1.31. The number of aromatic nitrogens is 3. The van der Waals surface area contributed by atoms with Crippen molar-refractivity contribution in [1.29, 1.82) is 0 Å². The molecule has 1 aromatic carbocycles. The first-order valence-corrected chi connectivity index (χ1v) is 10.0. The first kappa shape index (κ1) is 20.6. The molecule has 1 amide bonds. The summed E-state index contributed by atoms with van der Waals surface area (Å²) in [5, 5.41) is 21.8. The van der Waals surface area contributed by atoms with Gasteiger partial charge in [-0.1, -0.05) is 0 Å². The zero-order valence-electron chi connectivity index (χ0n) is 17.0. The molecule has 0 aliphatic carbocycles. The van der Waals surface area contributed by atoms with Crippen molar-refractivity contribution in [3.05, 3.63) is 64.2 Å². The van der Waals surface area contributed by atoms with E-state index in [-0.39, 0.29) is 17.5 Å². The molecule has 0 atom stereocenters. The maximum Gasteiger partial charge on any atom is 0.269 e. The van der Waals surface area contributed by atoms with Crippen LogP contribution in [0.15, 0.2) is 47.0 Å². The number of non-ortho nitro benzene ring substituents is 1. The molecule has 3 heterocycles. The van der Waals surface area contributed by atoms with Crippen LogP contribution < -0.4 is 5.32 Å². The number of carbonyl (C=O) groups is 1. The highest BCUT2D eigenvalue weighted by atomic mass is 16.6. The molecule has 0 saturated carbocycles. The van der Waals surface area contributed by atoms with E-state index in [0.717, 1.165) is 31.5 Å². The fourth-order valence-electron chi connectivity index (χ4n) is 3.54. The molecule has 4 rings (SSSR count). The van der Waals surface area contributed by atoms with E-state index >= 15 is 0 Å². The van der Waals surface area contributed by atoms with E-state index in [0.29, 0.717) is 29.7 Å². The number of nitrogens with zero attached hydrogens (tertiary/aromatic N) is 5. The molecule has 0 radical (unpaired) electrons. The molecule has 10 heteroatoms. The van der Waals surface area contributed by atoms with Crippen LogP contribution >= 0.6 is 0 Å². The normalized spacial score (nSPS) is 15.0. The van der Waals surface area contributed by atoms with Crippen molar-refractivity contribution in [3.8, 4) is 11.5 Å². The third-order valence-corrected chi connectivity index (χ3v) is 5.28. The smallest absolute Gasteiger partial charge is 0.269 e. The average Bonchev–Trinajstić information content (AvgIpc) is 3.23. The van der Waals surface area contributed by atoms with Crippen LogP contribution in [-0.2, 0) is 11.3 Å². The fourth-order valence-corrected chi connectivity index (χ4v) is 3.54. The molecule has 0 unspecified atom stereocenters. The minimum absolute atomic E-state index is 0.00371. The monoisotopic (exact) mass is 422 g/mol. The second-order valence-corrected chi connectivity index (χ2v) is 7.56. The molecule has 31 heavy (non-hydrogen) atoms. The van der Waals surface area contributed by atoms with E-state index in [1.54, 1.807) is 18.3 Å². The first-order valence-electron chi connectivity index (χ1n) is 10.0. The highest BCUT2D eigenvalue weighted by molar-refractivity contribution is 5.91. The van der Waals surface area contributed by atoms with Crippen LogP contribution in [0.4, 0.5) is 11.5 Å². The molecule has 2 aromatic heterocycles. The Bertz CT molecular complexity index is 1070. The lowest BCUT2D eigenvalue weighted by Gasteiger charge is -2.30. The van der Waals surface area contributed by atoms with Crippen LogP contribution in [0.25, 0.3) is 11.5 Å². The van der Waals surface area contributed by atoms with E-state index in [1.165, 1.54) is 12.1 Å². The maximum absolute atomic E-state index is 12.5. The fraction of sp³-hybridized carbons (Fsp3) is 0.333. The summed E-state index contributed by atoms with van der Waals surface area (Å²) in [4.78, 5) is 29.2. The molecule has 10 nitrogen and oxygen atoms in total. The minimum Gasteiger partial charge on any atom is -0.419 e. The Labute approximate surface area is 178 Å². The number of pyridine rings is 1. The zero-order chi connectivity index (χ0) is 21.8. The number of hydrogen-bond donors (Lipinski definition) is 1. The number of piperidine rings is 1. The third kappa shape index (κ3) is 5.10. The summed E-state index contributed by atoms with van der Waals surface area (Å²) >= 11 is 0. The van der Waals surface area contributed by atoms with Gasteiger partial charge >= 0.3 is 0 Å². The van der Waals surface area contributed by atoms with E-state index < -0.39 is 4.92 Å². The number of nitrogens with one attached hydrogen (secondary N) is 1. The SMILES string of the molecule is Cc1ccnc(NC(=O)C2CCN(Cc3nnc(-c4ccc([N+](=O)[O-])cc4)o3)CC2)c1. The highest BCUT2D eigenvalue weighted by Crippen LogP contribution is 2.24. The van der Waals surface area contributed by atoms with Gasteiger partial charge in [0.25, 0.3) is 5.69 Å². The summed E-state index contributed by atoms with van der Waals surface area (Å²) < 4.78 is 5.72. The Morgan fingerprint density at radius 3 is 2.65 bits per heavy atom. The van der Waals surface area contributed by atoms with Gasteiger partial charge in [0.05, 0.1) is 11.5 Å². The summed E-state index contributed by atoms with van der Waals surface area (Å²) in [6, 6.07) is 9.72. The van der Waals surface area contributed by atoms with Crippen LogP contribution in [0.1, 0.15) is 24.3 Å². The van der Waals surface area contributed by atoms with Crippen molar-refractivity contribution in [2.75, 3.05) is 18.4 Å². The highest BCUT2D eigenvalue weighted by Gasteiger charge is 2.26. The minimum atomic E-state index is -0.454. The summed E-state index contributed by atoms with van der Waals surface area (Å²) in [6.07, 6.45) is 3.16. The van der Waals surface area contributed by atoms with Crippen LogP contribution in [0.5, 0.6) is 0 Å². The van der Waals surface area contributed by atoms with Crippen LogP contribution in [0.3, 0.4) is 0 Å². The molecule has 1 aliphatic heterocycles. The third-order valence-electron chi connectivity index (χ3n) is 5.28. The second-order valence-electron chi connectivity index (χ2n) is 7.56. The Kier molecular flexibility index (Phi) is 5.99. The molecular weight excluding hydrogens is 400 g/mol. The number of likely N-dealkylation sites (tertiary alicyclic amines) is 1. The van der Waals surface area contributed by atoms with E-state index in [9.17, 15) is 14.9 Å². The molecule has 1 fully saturated rings. The van der Waals surface area contributed by atoms with Crippen molar-refractivity contribution in [2.24, 2.45) is 5.92 Å². The van der Waals surface area contributed by atoms with E-state index in [1.807, 2.05) is 19.1 Å². The molecule has 160 valence electrons. The Morgan fingerprint density at radius 2 is 1.97 bits per heavy atom. The number of hydrogen-bond acceptors (Lipinski definition) is 8. The maximum atomic E-state index is 12.5. The number of nitro benzene ring substituents is 1. The quantitative estimate of drug-likeness (QED) is 0.474. The molecule has 1 saturated heterocycles. The molecular formula is C21H22N6O4. The Morgan fingerprint density at radius 1 is 1.23 bits per heavy atom. The predicted molar refractivity (Wildman–Crippen MR) is 112 cm³/mol. The largest absolute Gasteiger partial charge is 0.419 e. The lowest BCUT2D eigenvalue weighted by atomic mass is 9.96. The number of anilines is 1. The van der Waals surface area contributed by atoms with E-state index in [4.69, 9.17) is 4.42 Å². The van der Waals surface area contributed by atoms with Crippen LogP contribution in [-0.4, -0.2) is 44.0 Å². The van der Waals surface area contributed by atoms with Crippen molar-refractivity contribution in [3.63, 3.8) is 0 Å². The predicted octanol–water partition coefficient (Wildman–Crippen LogP) is 3.20. The van der Waals surface area contributed by atoms with Gasteiger partial charge in [-0.05, 0) is 62.7 Å². The summed E-state index contributed by atoms with van der Waals surface area (Å²) in [7, 11) is 0. The Hall–Kier alpha value is -3.66. The van der Waals surface area contributed by atoms with Gasteiger partial charge < -0.3 is 9.73 Å². The molecule has 0 spiro atoms. The van der Waals surface area contributed by atoms with Crippen molar-refractivity contribution >= 4 is 17.4 Å². The second kappa shape index (κ2) is 9.00. The number of amides is 1. The van der Waals surface area contributed by atoms with Gasteiger partial charge in [0, 0.05) is 29.8 Å². The van der Waals surface area contributed by atoms with Gasteiger partial charge in [0.2, 0.25) is 17.7 Å². The van der Waals surface area contributed by atoms with Crippen molar-refractivity contribution in [1.82, 2.24) is 20.1 Å². The summed E-state index contributed by atoms with van der Waals surface area (Å²) in [6.45, 7) is 3.94. The first-order chi connectivity index (χ1) is 15.0. The lowest BCUT2D eigenvalue weighted by Crippen LogP contribution is -2.37. The van der Waals surface area contributed by atoms with Gasteiger partial charge in [-0.2, -0.15) is 0 Å². The van der Waals surface area contributed by atoms with Crippen LogP contribution in [0, 0.1) is 23.0 Å². The zero-order valence-corrected chi connectivity index (χ0v) is 17.0. The average molecular weight is 422 g/mol. The summed E-state index contributed by atoms with van der Waals surface area (Å²) in [5.41, 5.74) is 1.69. The molecule has 1 aliphatic rings. The number of carbonyl (C=O) groups excluding carboxylic acids is 1. The Balaban J connectivity index is 1.29. The topological polar surface area (TPSA) is 127 Å². The molecule has 3 aromatic rings. The lowest BCUT2D eigenvalue weighted by molar-refractivity contribution is -0.384. The van der Waals surface area contributed by atoms with E-state index in [2.05, 4.69) is 25.4 Å². The van der Waals surface area contributed by atoms with Gasteiger partial charge in [-0.15, -0.1) is 10.2 Å². The van der Waals surface area contributed by atoms with Gasteiger partial charge in [0.15, 0.2) is 0 Å². The molecule has 1 N–H and O–H groups in total. The number of benzene rings is 1. The van der Waals surface area contributed by atoms with Crippen molar-refractivity contribution < 1.29 is 14.1 Å². The number of aryl methyl sites for hydroxylation is 1. The molecule has 0 bridgehead atoms.